The van der Waals surface area contributed by atoms with Gasteiger partial charge in [0.1, 0.15) is 24.7 Å². The van der Waals surface area contributed by atoms with Gasteiger partial charge in [0.05, 0.1) is 11.0 Å². The number of halogens is 2. The van der Waals surface area contributed by atoms with Crippen molar-refractivity contribution in [2.45, 2.75) is 32.0 Å². The zero-order valence-electron chi connectivity index (χ0n) is 16.0. The van der Waals surface area contributed by atoms with Gasteiger partial charge in [-0.25, -0.2) is 4.98 Å². The molecule has 3 aromatic rings. The molecular weight excluding hydrogens is 411 g/mol. The molecule has 4 rings (SSSR count). The second-order valence-electron chi connectivity index (χ2n) is 7.01. The van der Waals surface area contributed by atoms with Gasteiger partial charge in [-0.15, -0.1) is 24.8 Å². The molecule has 1 amide bonds. The van der Waals surface area contributed by atoms with Gasteiger partial charge in [-0.05, 0) is 43.0 Å². The second-order valence-corrected chi connectivity index (χ2v) is 7.01. The number of nitrogens with zero attached hydrogens (tertiary/aromatic N) is 2. The molecule has 3 N–H and O–H groups in total. The number of hydrogen-bond acceptors (Lipinski definition) is 4. The molecule has 0 saturated heterocycles. The maximum absolute atomic E-state index is 12.5. The molecule has 1 aliphatic rings. The maximum Gasteiger partial charge on any atom is 0.240 e. The van der Waals surface area contributed by atoms with E-state index in [4.69, 9.17) is 10.5 Å². The number of aromatic nitrogens is 2. The predicted octanol–water partition coefficient (Wildman–Crippen LogP) is 3.31. The number of para-hydroxylation sites is 3. The standard InChI is InChI=1S/C21H24N4O2.2ClH/c22-17(15-10-11-15)12-23-21(26)13-25-19-9-5-4-8-18(19)24-20(25)14-27-16-6-2-1-3-7-16;;/h1-9,15,17H,10-14,22H2,(H,23,26);2*1H. The van der Waals surface area contributed by atoms with E-state index in [0.29, 0.717) is 19.1 Å². The average molecular weight is 437 g/mol. The highest BCUT2D eigenvalue weighted by molar-refractivity contribution is 5.85. The lowest BCUT2D eigenvalue weighted by Crippen LogP contribution is -2.40. The Bertz CT molecular complexity index is 929. The summed E-state index contributed by atoms with van der Waals surface area (Å²) in [5.41, 5.74) is 7.85. The van der Waals surface area contributed by atoms with E-state index in [9.17, 15) is 4.79 Å². The van der Waals surface area contributed by atoms with Gasteiger partial charge < -0.3 is 20.4 Å². The zero-order chi connectivity index (χ0) is 18.6. The number of ether oxygens (including phenoxy) is 1. The van der Waals surface area contributed by atoms with Crippen LogP contribution in [0.5, 0.6) is 5.75 Å². The topological polar surface area (TPSA) is 82.2 Å². The van der Waals surface area contributed by atoms with Crippen LogP contribution in [0.2, 0.25) is 0 Å². The molecule has 0 aliphatic heterocycles. The Labute approximate surface area is 182 Å². The summed E-state index contributed by atoms with van der Waals surface area (Å²) in [5, 5.41) is 2.95. The Balaban J connectivity index is 0.00000150. The van der Waals surface area contributed by atoms with E-state index in [-0.39, 0.29) is 43.3 Å². The average Bonchev–Trinajstić information content (AvgIpc) is 3.49. The maximum atomic E-state index is 12.5. The third-order valence-electron chi connectivity index (χ3n) is 4.91. The highest BCUT2D eigenvalue weighted by atomic mass is 35.5. The van der Waals surface area contributed by atoms with Crippen LogP contribution in [0.4, 0.5) is 0 Å². The Kier molecular flexibility index (Phi) is 8.32. The molecule has 1 heterocycles. The Hall–Kier alpha value is -2.28. The van der Waals surface area contributed by atoms with Crippen LogP contribution in [0.25, 0.3) is 11.0 Å². The molecule has 1 fully saturated rings. The largest absolute Gasteiger partial charge is 0.486 e. The highest BCUT2D eigenvalue weighted by Gasteiger charge is 2.28. The van der Waals surface area contributed by atoms with E-state index in [2.05, 4.69) is 10.3 Å². The smallest absolute Gasteiger partial charge is 0.240 e. The lowest BCUT2D eigenvalue weighted by molar-refractivity contribution is -0.121. The van der Waals surface area contributed by atoms with Crippen LogP contribution in [0.15, 0.2) is 54.6 Å². The van der Waals surface area contributed by atoms with E-state index in [0.717, 1.165) is 22.6 Å². The van der Waals surface area contributed by atoms with Gasteiger partial charge in [0.25, 0.3) is 0 Å². The fourth-order valence-electron chi connectivity index (χ4n) is 3.20. The van der Waals surface area contributed by atoms with E-state index in [1.54, 1.807) is 0 Å². The molecule has 1 atom stereocenters. The van der Waals surface area contributed by atoms with Crippen molar-refractivity contribution in [1.29, 1.82) is 0 Å². The summed E-state index contributed by atoms with van der Waals surface area (Å²) >= 11 is 0. The van der Waals surface area contributed by atoms with Gasteiger partial charge >= 0.3 is 0 Å². The first-order valence-corrected chi connectivity index (χ1v) is 9.35. The number of rotatable bonds is 8. The van der Waals surface area contributed by atoms with E-state index in [1.807, 2.05) is 59.2 Å². The van der Waals surface area contributed by atoms with Crippen LogP contribution < -0.4 is 15.8 Å². The van der Waals surface area contributed by atoms with Crippen LogP contribution in [-0.2, 0) is 17.9 Å². The lowest BCUT2D eigenvalue weighted by Gasteiger charge is -2.13. The van der Waals surface area contributed by atoms with Gasteiger partial charge in [-0.3, -0.25) is 4.79 Å². The predicted molar refractivity (Wildman–Crippen MR) is 119 cm³/mol. The van der Waals surface area contributed by atoms with Gasteiger partial charge in [0.2, 0.25) is 5.91 Å². The monoisotopic (exact) mass is 436 g/mol. The number of carbonyl (C=O) groups excluding carboxylic acids is 1. The van der Waals surface area contributed by atoms with Crippen molar-refractivity contribution in [2.75, 3.05) is 6.54 Å². The van der Waals surface area contributed by atoms with Gasteiger partial charge in [-0.1, -0.05) is 30.3 Å². The minimum Gasteiger partial charge on any atom is -0.486 e. The van der Waals surface area contributed by atoms with Crippen molar-refractivity contribution in [3.63, 3.8) is 0 Å². The molecule has 6 nitrogen and oxygen atoms in total. The quantitative estimate of drug-likeness (QED) is 0.567. The zero-order valence-corrected chi connectivity index (χ0v) is 17.6. The van der Waals surface area contributed by atoms with Gasteiger partial charge in [0.15, 0.2) is 0 Å². The minimum atomic E-state index is -0.0600. The summed E-state index contributed by atoms with van der Waals surface area (Å²) in [6.45, 7) is 1.02. The van der Waals surface area contributed by atoms with Crippen molar-refractivity contribution >= 4 is 41.8 Å². The fourth-order valence-corrected chi connectivity index (χ4v) is 3.20. The molecule has 2 aromatic carbocycles. The van der Waals surface area contributed by atoms with Crippen molar-refractivity contribution in [3.05, 3.63) is 60.4 Å². The molecule has 1 aliphatic carbocycles. The van der Waals surface area contributed by atoms with E-state index in [1.165, 1.54) is 12.8 Å². The number of benzene rings is 2. The summed E-state index contributed by atoms with van der Waals surface area (Å²) in [6.07, 6.45) is 2.34. The summed E-state index contributed by atoms with van der Waals surface area (Å²) in [6, 6.07) is 17.4. The van der Waals surface area contributed by atoms with Crippen molar-refractivity contribution in [1.82, 2.24) is 14.9 Å². The first-order chi connectivity index (χ1) is 13.2. The molecule has 156 valence electrons. The van der Waals surface area contributed by atoms with Crippen LogP contribution in [0, 0.1) is 5.92 Å². The highest BCUT2D eigenvalue weighted by Crippen LogP contribution is 2.31. The lowest BCUT2D eigenvalue weighted by atomic mass is 10.2. The van der Waals surface area contributed by atoms with E-state index < -0.39 is 0 Å². The third-order valence-corrected chi connectivity index (χ3v) is 4.91. The molecule has 0 radical (unpaired) electrons. The Morgan fingerprint density at radius 3 is 2.55 bits per heavy atom. The van der Waals surface area contributed by atoms with Crippen LogP contribution in [0.1, 0.15) is 18.7 Å². The normalized spacial score (nSPS) is 13.8. The van der Waals surface area contributed by atoms with Gasteiger partial charge in [0, 0.05) is 12.6 Å². The third kappa shape index (κ3) is 5.85. The summed E-state index contributed by atoms with van der Waals surface area (Å²) in [7, 11) is 0. The molecule has 1 aromatic heterocycles. The molecule has 8 heteroatoms. The molecule has 1 unspecified atom stereocenters. The molecular formula is C21H26Cl2N4O2. The summed E-state index contributed by atoms with van der Waals surface area (Å²) in [5.74, 6) is 2.00. The first kappa shape index (κ1) is 23.0. The number of nitrogens with one attached hydrogen (secondary N) is 1. The summed E-state index contributed by atoms with van der Waals surface area (Å²) < 4.78 is 7.76. The number of carbonyl (C=O) groups is 1. The van der Waals surface area contributed by atoms with Crippen LogP contribution >= 0.6 is 24.8 Å². The number of hydrogen-bond donors (Lipinski definition) is 2. The Morgan fingerprint density at radius 1 is 1.14 bits per heavy atom. The molecule has 0 spiro atoms. The van der Waals surface area contributed by atoms with Crippen molar-refractivity contribution in [2.24, 2.45) is 11.7 Å². The minimum absolute atomic E-state index is 0. The number of nitrogens with two attached hydrogens (primary N) is 1. The number of fused-ring (bicyclic) bond motifs is 1. The van der Waals surface area contributed by atoms with E-state index >= 15 is 0 Å². The van der Waals surface area contributed by atoms with Crippen LogP contribution in [0.3, 0.4) is 0 Å². The summed E-state index contributed by atoms with van der Waals surface area (Å²) in [4.78, 5) is 17.1. The van der Waals surface area contributed by atoms with Crippen molar-refractivity contribution in [3.8, 4) is 5.75 Å². The number of imidazole rings is 1. The second kappa shape index (κ2) is 10.5. The molecule has 29 heavy (non-hydrogen) atoms. The molecule has 0 bridgehead atoms. The fraction of sp³-hybridized carbons (Fsp3) is 0.333. The Morgan fingerprint density at radius 2 is 1.83 bits per heavy atom. The van der Waals surface area contributed by atoms with Gasteiger partial charge in [-0.2, -0.15) is 0 Å². The first-order valence-electron chi connectivity index (χ1n) is 9.35. The number of amides is 1. The van der Waals surface area contributed by atoms with Crippen LogP contribution in [-0.4, -0.2) is 28.0 Å². The van der Waals surface area contributed by atoms with Crippen molar-refractivity contribution < 1.29 is 9.53 Å². The molecule has 1 saturated carbocycles. The SMILES string of the molecule is Cl.Cl.NC(CNC(=O)Cn1c(COc2ccccc2)nc2ccccc21)C1CC1.